The van der Waals surface area contributed by atoms with Crippen LogP contribution in [0.2, 0.25) is 0 Å². The average molecular weight is 448 g/mol. The van der Waals surface area contributed by atoms with Gasteiger partial charge in [-0.05, 0) is 28.8 Å². The molecule has 0 saturated heterocycles. The van der Waals surface area contributed by atoms with Gasteiger partial charge in [0.25, 0.3) is 0 Å². The number of hydrogen-bond donors (Lipinski definition) is 3. The van der Waals surface area contributed by atoms with Crippen molar-refractivity contribution in [1.29, 1.82) is 0 Å². The van der Waals surface area contributed by atoms with Crippen molar-refractivity contribution < 1.29 is 23.9 Å². The van der Waals surface area contributed by atoms with Gasteiger partial charge in [-0.25, -0.2) is 9.18 Å². The zero-order chi connectivity index (χ0) is 23.8. The number of carbonyl (C=O) groups is 3. The van der Waals surface area contributed by atoms with E-state index in [9.17, 15) is 23.9 Å². The van der Waals surface area contributed by atoms with Gasteiger partial charge >= 0.3 is 5.97 Å². The van der Waals surface area contributed by atoms with Crippen LogP contribution in [-0.2, 0) is 20.8 Å². The Morgan fingerprint density at radius 1 is 0.818 bits per heavy atom. The van der Waals surface area contributed by atoms with Crippen LogP contribution in [-0.4, -0.2) is 35.0 Å². The lowest BCUT2D eigenvalue weighted by Gasteiger charge is -2.28. The Morgan fingerprint density at radius 2 is 1.33 bits per heavy atom. The van der Waals surface area contributed by atoms with Crippen molar-refractivity contribution in [2.45, 2.75) is 31.3 Å². The van der Waals surface area contributed by atoms with E-state index in [0.29, 0.717) is 5.56 Å². The van der Waals surface area contributed by atoms with Crippen LogP contribution in [0.4, 0.5) is 4.39 Å². The van der Waals surface area contributed by atoms with Gasteiger partial charge in [0.15, 0.2) is 0 Å². The summed E-state index contributed by atoms with van der Waals surface area (Å²) in [5.74, 6) is -3.36. The molecule has 3 N–H and O–H groups in total. The van der Waals surface area contributed by atoms with Crippen LogP contribution < -0.4 is 10.6 Å². The van der Waals surface area contributed by atoms with E-state index < -0.39 is 41.6 Å². The van der Waals surface area contributed by atoms with Crippen LogP contribution in [0.5, 0.6) is 0 Å². The van der Waals surface area contributed by atoms with E-state index in [2.05, 4.69) is 10.6 Å². The Kier molecular flexibility index (Phi) is 7.91. The fraction of sp³-hybridized carbons (Fsp3) is 0.192. The summed E-state index contributed by atoms with van der Waals surface area (Å²) in [7, 11) is 0. The highest BCUT2D eigenvalue weighted by Crippen LogP contribution is 2.28. The van der Waals surface area contributed by atoms with Crippen molar-refractivity contribution in [3.63, 3.8) is 0 Å². The van der Waals surface area contributed by atoms with Crippen molar-refractivity contribution in [1.82, 2.24) is 10.6 Å². The molecule has 0 heterocycles. The summed E-state index contributed by atoms with van der Waals surface area (Å²) in [5.41, 5.74) is 2.08. The van der Waals surface area contributed by atoms with E-state index in [4.69, 9.17) is 0 Å². The second-order valence-electron chi connectivity index (χ2n) is 7.71. The number of aliphatic carboxylic acids is 1. The first-order chi connectivity index (χ1) is 15.8. The van der Waals surface area contributed by atoms with E-state index in [1.807, 2.05) is 36.4 Å². The Labute approximate surface area is 191 Å². The zero-order valence-electron chi connectivity index (χ0n) is 18.1. The second-order valence-corrected chi connectivity index (χ2v) is 7.71. The molecule has 6 nitrogen and oxygen atoms in total. The van der Waals surface area contributed by atoms with E-state index in [0.717, 1.165) is 11.1 Å². The van der Waals surface area contributed by atoms with Crippen molar-refractivity contribution in [2.75, 3.05) is 0 Å². The summed E-state index contributed by atoms with van der Waals surface area (Å²) in [6.45, 7) is 1.27. The first kappa shape index (κ1) is 23.7. The van der Waals surface area contributed by atoms with Crippen LogP contribution in [0.3, 0.4) is 0 Å². The van der Waals surface area contributed by atoms with Gasteiger partial charge in [-0.3, -0.25) is 9.59 Å². The van der Waals surface area contributed by atoms with E-state index in [1.165, 1.54) is 31.2 Å². The maximum atomic E-state index is 13.3. The molecular weight excluding hydrogens is 423 g/mol. The Balaban J connectivity index is 1.91. The molecule has 0 aliphatic heterocycles. The number of carbonyl (C=O) groups excluding carboxylic acids is 2. The largest absolute Gasteiger partial charge is 0.480 e. The third-order valence-electron chi connectivity index (χ3n) is 5.26. The molecule has 0 bridgehead atoms. The molecule has 0 aromatic heterocycles. The zero-order valence-corrected chi connectivity index (χ0v) is 18.1. The van der Waals surface area contributed by atoms with Crippen LogP contribution in [0.25, 0.3) is 0 Å². The first-order valence-electron chi connectivity index (χ1n) is 10.5. The normalized spacial score (nSPS) is 12.6. The third-order valence-corrected chi connectivity index (χ3v) is 5.26. The van der Waals surface area contributed by atoms with Gasteiger partial charge < -0.3 is 15.7 Å². The molecule has 3 aromatic rings. The Morgan fingerprint density at radius 3 is 1.79 bits per heavy atom. The van der Waals surface area contributed by atoms with E-state index in [1.54, 1.807) is 24.3 Å². The van der Waals surface area contributed by atoms with Gasteiger partial charge in [0, 0.05) is 19.3 Å². The SMILES string of the molecule is CC(=O)N[C@@H](Cc1ccc(F)cc1)C(=O)N[C@@H](C(=O)O)C(c1ccccc1)c1ccccc1. The monoisotopic (exact) mass is 448 g/mol. The molecule has 0 saturated carbocycles. The summed E-state index contributed by atoms with van der Waals surface area (Å²) in [6.07, 6.45) is 0.0827. The predicted octanol–water partition coefficient (Wildman–Crippen LogP) is 3.27. The molecule has 3 aromatic carbocycles. The topological polar surface area (TPSA) is 95.5 Å². The molecule has 0 aliphatic rings. The first-order valence-corrected chi connectivity index (χ1v) is 10.5. The summed E-state index contributed by atoms with van der Waals surface area (Å²) in [6, 6.07) is 21.4. The van der Waals surface area contributed by atoms with Gasteiger partial charge in [0.1, 0.15) is 17.9 Å². The lowest BCUT2D eigenvalue weighted by molar-refractivity contribution is -0.142. The van der Waals surface area contributed by atoms with E-state index in [-0.39, 0.29) is 6.42 Å². The predicted molar refractivity (Wildman–Crippen MR) is 122 cm³/mol. The summed E-state index contributed by atoms with van der Waals surface area (Å²) >= 11 is 0. The van der Waals surface area contributed by atoms with E-state index >= 15 is 0 Å². The molecule has 2 atom stereocenters. The Bertz CT molecular complexity index is 1050. The van der Waals surface area contributed by atoms with Crippen LogP contribution in [0.15, 0.2) is 84.9 Å². The highest BCUT2D eigenvalue weighted by atomic mass is 19.1. The number of benzene rings is 3. The number of carboxylic acid groups (broad SMARTS) is 1. The minimum Gasteiger partial charge on any atom is -0.480 e. The van der Waals surface area contributed by atoms with Crippen molar-refractivity contribution in [2.24, 2.45) is 0 Å². The summed E-state index contributed by atoms with van der Waals surface area (Å²) in [5, 5.41) is 15.2. The molecule has 33 heavy (non-hydrogen) atoms. The number of rotatable bonds is 9. The number of carboxylic acids is 1. The van der Waals surface area contributed by atoms with Gasteiger partial charge in [-0.1, -0.05) is 72.8 Å². The van der Waals surface area contributed by atoms with Crippen molar-refractivity contribution in [3.05, 3.63) is 107 Å². The highest BCUT2D eigenvalue weighted by molar-refractivity contribution is 5.90. The lowest BCUT2D eigenvalue weighted by Crippen LogP contribution is -2.54. The second kappa shape index (κ2) is 11.0. The number of nitrogens with one attached hydrogen (secondary N) is 2. The number of halogens is 1. The van der Waals surface area contributed by atoms with Crippen LogP contribution in [0, 0.1) is 5.82 Å². The van der Waals surface area contributed by atoms with Crippen molar-refractivity contribution >= 4 is 17.8 Å². The molecular formula is C26H25FN2O4. The maximum Gasteiger partial charge on any atom is 0.327 e. The number of hydrogen-bond acceptors (Lipinski definition) is 3. The van der Waals surface area contributed by atoms with Gasteiger partial charge in [-0.15, -0.1) is 0 Å². The minimum atomic E-state index is -1.29. The molecule has 3 rings (SSSR count). The molecule has 7 heteroatoms. The standard InChI is InChI=1S/C26H25FN2O4/c1-17(30)28-22(16-18-12-14-21(27)15-13-18)25(31)29-24(26(32)33)23(19-8-4-2-5-9-19)20-10-6-3-7-11-20/h2-15,22-24H,16H2,1H3,(H,28,30)(H,29,31)(H,32,33)/t22-,24+/m0/s1. The molecule has 2 amide bonds. The molecule has 0 unspecified atom stereocenters. The summed E-state index contributed by atoms with van der Waals surface area (Å²) in [4.78, 5) is 37.2. The molecule has 0 radical (unpaired) electrons. The number of amides is 2. The minimum absolute atomic E-state index is 0.0827. The average Bonchev–Trinajstić information content (AvgIpc) is 2.80. The third kappa shape index (κ3) is 6.49. The molecule has 0 fully saturated rings. The highest BCUT2D eigenvalue weighted by Gasteiger charge is 2.34. The lowest BCUT2D eigenvalue weighted by atomic mass is 9.84. The smallest absolute Gasteiger partial charge is 0.327 e. The van der Waals surface area contributed by atoms with Gasteiger partial charge in [0.05, 0.1) is 0 Å². The van der Waals surface area contributed by atoms with Crippen LogP contribution >= 0.6 is 0 Å². The molecule has 0 aliphatic carbocycles. The van der Waals surface area contributed by atoms with Gasteiger partial charge in [-0.2, -0.15) is 0 Å². The van der Waals surface area contributed by atoms with Crippen molar-refractivity contribution in [3.8, 4) is 0 Å². The fourth-order valence-electron chi connectivity index (χ4n) is 3.75. The fourth-order valence-corrected chi connectivity index (χ4v) is 3.75. The molecule has 170 valence electrons. The van der Waals surface area contributed by atoms with Crippen LogP contribution in [0.1, 0.15) is 29.5 Å². The Hall–Kier alpha value is -4.00. The molecule has 0 spiro atoms. The quantitative estimate of drug-likeness (QED) is 0.468. The maximum absolute atomic E-state index is 13.3. The summed E-state index contributed by atoms with van der Waals surface area (Å²) < 4.78 is 13.3. The van der Waals surface area contributed by atoms with Gasteiger partial charge in [0.2, 0.25) is 11.8 Å².